The third-order valence-corrected chi connectivity index (χ3v) is 5.74. The fourth-order valence-electron chi connectivity index (χ4n) is 3.62. The molecule has 1 saturated heterocycles. The van der Waals surface area contributed by atoms with Crippen molar-refractivity contribution in [3.63, 3.8) is 0 Å². The SMILES string of the molecule is Cc1ccccc1CN1CCCN(Cc2nc(-c3cccc(Br)c3)no2)CC1. The highest BCUT2D eigenvalue weighted by Crippen LogP contribution is 2.21. The normalized spacial score (nSPS) is 16.2. The van der Waals surface area contributed by atoms with Crippen LogP contribution in [0.3, 0.4) is 0 Å². The summed E-state index contributed by atoms with van der Waals surface area (Å²) in [5.74, 6) is 1.33. The Morgan fingerprint density at radius 1 is 0.964 bits per heavy atom. The van der Waals surface area contributed by atoms with Crippen LogP contribution in [0.1, 0.15) is 23.4 Å². The first-order valence-corrected chi connectivity index (χ1v) is 10.5. The Kier molecular flexibility index (Phi) is 6.20. The van der Waals surface area contributed by atoms with E-state index in [0.717, 1.165) is 49.2 Å². The van der Waals surface area contributed by atoms with Crippen molar-refractivity contribution < 1.29 is 4.52 Å². The molecule has 4 rings (SSSR count). The van der Waals surface area contributed by atoms with Gasteiger partial charge in [0.25, 0.3) is 0 Å². The zero-order valence-corrected chi connectivity index (χ0v) is 17.7. The lowest BCUT2D eigenvalue weighted by Crippen LogP contribution is -2.30. The second-order valence-corrected chi connectivity index (χ2v) is 8.27. The Labute approximate surface area is 174 Å². The van der Waals surface area contributed by atoms with Crippen LogP contribution in [0.25, 0.3) is 11.4 Å². The summed E-state index contributed by atoms with van der Waals surface area (Å²) in [5.41, 5.74) is 3.76. The van der Waals surface area contributed by atoms with Crippen LogP contribution in [0.15, 0.2) is 57.5 Å². The number of benzene rings is 2. The van der Waals surface area contributed by atoms with Crippen LogP contribution in [-0.4, -0.2) is 46.1 Å². The van der Waals surface area contributed by atoms with E-state index in [2.05, 4.69) is 67.1 Å². The standard InChI is InChI=1S/C22H25BrN4O/c1-17-6-2-3-7-19(17)15-26-10-5-11-27(13-12-26)16-21-24-22(25-28-21)18-8-4-9-20(23)14-18/h2-4,6-9,14H,5,10-13,15-16H2,1H3. The van der Waals surface area contributed by atoms with Crippen LogP contribution >= 0.6 is 15.9 Å². The molecule has 0 atom stereocenters. The summed E-state index contributed by atoms with van der Waals surface area (Å²) >= 11 is 3.49. The van der Waals surface area contributed by atoms with Gasteiger partial charge in [0.2, 0.25) is 11.7 Å². The maximum atomic E-state index is 5.51. The molecular weight excluding hydrogens is 416 g/mol. The number of rotatable bonds is 5. The van der Waals surface area contributed by atoms with E-state index in [1.54, 1.807) is 0 Å². The van der Waals surface area contributed by atoms with E-state index in [-0.39, 0.29) is 0 Å². The van der Waals surface area contributed by atoms with E-state index in [9.17, 15) is 0 Å². The van der Waals surface area contributed by atoms with Crippen LogP contribution in [0.5, 0.6) is 0 Å². The molecule has 1 aliphatic heterocycles. The second-order valence-electron chi connectivity index (χ2n) is 7.35. The summed E-state index contributed by atoms with van der Waals surface area (Å²) in [5, 5.41) is 4.15. The Morgan fingerprint density at radius 3 is 2.54 bits per heavy atom. The molecular formula is C22H25BrN4O. The molecule has 0 N–H and O–H groups in total. The zero-order chi connectivity index (χ0) is 19.3. The van der Waals surface area contributed by atoms with Crippen molar-refractivity contribution in [1.29, 1.82) is 0 Å². The van der Waals surface area contributed by atoms with Gasteiger partial charge < -0.3 is 4.52 Å². The van der Waals surface area contributed by atoms with Crippen LogP contribution < -0.4 is 0 Å². The minimum Gasteiger partial charge on any atom is -0.338 e. The molecule has 2 aromatic carbocycles. The lowest BCUT2D eigenvalue weighted by Gasteiger charge is -2.21. The van der Waals surface area contributed by atoms with Gasteiger partial charge in [-0.3, -0.25) is 9.80 Å². The summed E-state index contributed by atoms with van der Waals surface area (Å²) in [6.07, 6.45) is 1.15. The summed E-state index contributed by atoms with van der Waals surface area (Å²) < 4.78 is 6.52. The van der Waals surface area contributed by atoms with Crippen molar-refractivity contribution in [2.24, 2.45) is 0 Å². The maximum Gasteiger partial charge on any atom is 0.241 e. The van der Waals surface area contributed by atoms with Crippen LogP contribution in [0, 0.1) is 6.92 Å². The molecule has 0 amide bonds. The van der Waals surface area contributed by atoms with E-state index in [0.29, 0.717) is 18.3 Å². The van der Waals surface area contributed by atoms with Crippen LogP contribution in [0.4, 0.5) is 0 Å². The predicted molar refractivity (Wildman–Crippen MR) is 114 cm³/mol. The first-order chi connectivity index (χ1) is 13.7. The molecule has 28 heavy (non-hydrogen) atoms. The smallest absolute Gasteiger partial charge is 0.241 e. The minimum atomic E-state index is 0.646. The Bertz CT molecular complexity index is 926. The number of hydrogen-bond acceptors (Lipinski definition) is 5. The summed E-state index contributed by atoms with van der Waals surface area (Å²) in [6.45, 7) is 8.17. The molecule has 1 aromatic heterocycles. The van der Waals surface area contributed by atoms with Crippen molar-refractivity contribution in [3.8, 4) is 11.4 Å². The lowest BCUT2D eigenvalue weighted by molar-refractivity contribution is 0.222. The third-order valence-electron chi connectivity index (χ3n) is 5.25. The lowest BCUT2D eigenvalue weighted by atomic mass is 10.1. The van der Waals surface area contributed by atoms with Crippen LogP contribution in [0.2, 0.25) is 0 Å². The Hall–Kier alpha value is -2.02. The fourth-order valence-corrected chi connectivity index (χ4v) is 4.02. The van der Waals surface area contributed by atoms with Crippen LogP contribution in [-0.2, 0) is 13.1 Å². The largest absolute Gasteiger partial charge is 0.338 e. The molecule has 0 unspecified atom stereocenters. The summed E-state index contributed by atoms with van der Waals surface area (Å²) in [7, 11) is 0. The number of hydrogen-bond donors (Lipinski definition) is 0. The van der Waals surface area contributed by atoms with Crippen molar-refractivity contribution in [3.05, 3.63) is 70.0 Å². The topological polar surface area (TPSA) is 45.4 Å². The molecule has 146 valence electrons. The number of nitrogens with zero attached hydrogens (tertiary/aromatic N) is 4. The first-order valence-electron chi connectivity index (χ1n) is 9.75. The number of halogens is 1. The van der Waals surface area contributed by atoms with Gasteiger partial charge in [-0.25, -0.2) is 0 Å². The number of aromatic nitrogens is 2. The van der Waals surface area contributed by atoms with Gasteiger partial charge in [-0.2, -0.15) is 4.98 Å². The predicted octanol–water partition coefficient (Wildman–Crippen LogP) is 4.52. The molecule has 6 heteroatoms. The highest BCUT2D eigenvalue weighted by molar-refractivity contribution is 9.10. The molecule has 0 radical (unpaired) electrons. The number of aryl methyl sites for hydroxylation is 1. The Balaban J connectivity index is 1.35. The van der Waals surface area contributed by atoms with Crippen molar-refractivity contribution >= 4 is 15.9 Å². The van der Waals surface area contributed by atoms with Gasteiger partial charge in [-0.05, 0) is 49.7 Å². The van der Waals surface area contributed by atoms with E-state index in [4.69, 9.17) is 4.52 Å². The fraction of sp³-hybridized carbons (Fsp3) is 0.364. The summed E-state index contributed by atoms with van der Waals surface area (Å²) in [4.78, 5) is 9.55. The molecule has 0 saturated carbocycles. The molecule has 1 aliphatic rings. The minimum absolute atomic E-state index is 0.646. The monoisotopic (exact) mass is 440 g/mol. The van der Waals surface area contributed by atoms with E-state index in [1.807, 2.05) is 24.3 Å². The molecule has 2 heterocycles. The van der Waals surface area contributed by atoms with Gasteiger partial charge in [0, 0.05) is 29.7 Å². The molecule has 0 spiro atoms. The highest BCUT2D eigenvalue weighted by atomic mass is 79.9. The van der Waals surface area contributed by atoms with Crippen molar-refractivity contribution in [2.45, 2.75) is 26.4 Å². The van der Waals surface area contributed by atoms with Gasteiger partial charge in [-0.1, -0.05) is 57.5 Å². The highest BCUT2D eigenvalue weighted by Gasteiger charge is 2.18. The quantitative estimate of drug-likeness (QED) is 0.583. The average Bonchev–Trinajstić information content (AvgIpc) is 3.05. The molecule has 1 fully saturated rings. The van der Waals surface area contributed by atoms with E-state index >= 15 is 0 Å². The van der Waals surface area contributed by atoms with E-state index in [1.165, 1.54) is 11.1 Å². The van der Waals surface area contributed by atoms with E-state index < -0.39 is 0 Å². The third kappa shape index (κ3) is 4.87. The Morgan fingerprint density at radius 2 is 1.75 bits per heavy atom. The van der Waals surface area contributed by atoms with Gasteiger partial charge in [0.1, 0.15) is 0 Å². The molecule has 0 aliphatic carbocycles. The maximum absolute atomic E-state index is 5.51. The summed E-state index contributed by atoms with van der Waals surface area (Å²) in [6, 6.07) is 16.6. The second kappa shape index (κ2) is 8.99. The van der Waals surface area contributed by atoms with Crippen molar-refractivity contribution in [1.82, 2.24) is 19.9 Å². The molecule has 0 bridgehead atoms. The van der Waals surface area contributed by atoms with Gasteiger partial charge in [0.15, 0.2) is 0 Å². The van der Waals surface area contributed by atoms with Gasteiger partial charge >= 0.3 is 0 Å². The molecule has 3 aromatic rings. The molecule has 5 nitrogen and oxygen atoms in total. The van der Waals surface area contributed by atoms with Gasteiger partial charge in [-0.15, -0.1) is 0 Å². The van der Waals surface area contributed by atoms with Crippen molar-refractivity contribution in [2.75, 3.05) is 26.2 Å². The average molecular weight is 441 g/mol. The van der Waals surface area contributed by atoms with Gasteiger partial charge in [0.05, 0.1) is 6.54 Å². The zero-order valence-electron chi connectivity index (χ0n) is 16.1. The first kappa shape index (κ1) is 19.3.